The molecule has 0 heterocycles. The van der Waals surface area contributed by atoms with Crippen molar-refractivity contribution >= 4 is 54.6 Å². The van der Waals surface area contributed by atoms with Crippen LogP contribution < -0.4 is 15.8 Å². The van der Waals surface area contributed by atoms with Crippen LogP contribution in [0.1, 0.15) is 12.5 Å². The van der Waals surface area contributed by atoms with E-state index in [2.05, 4.69) is 21.2 Å². The highest BCUT2D eigenvalue weighted by Gasteiger charge is 2.41. The summed E-state index contributed by atoms with van der Waals surface area (Å²) in [6.45, 7) is 1.96. The molecule has 0 spiro atoms. The summed E-state index contributed by atoms with van der Waals surface area (Å²) in [7, 11) is -5.19. The molecular weight excluding hydrogens is 600 g/mol. The minimum atomic E-state index is -5.19. The molecule has 0 amide bonds. The molecule has 194 valence electrons. The number of hydrogen-bond donors (Lipinski definition) is 3. The summed E-state index contributed by atoms with van der Waals surface area (Å²) in [6.07, 6.45) is -4.98. The first-order valence-corrected chi connectivity index (χ1v) is 12.6. The fourth-order valence-electron chi connectivity index (χ4n) is 3.27. The highest BCUT2D eigenvalue weighted by molar-refractivity contribution is 9.10. The van der Waals surface area contributed by atoms with Gasteiger partial charge < -0.3 is 11.1 Å². The minimum absolute atomic E-state index is 0.0726. The van der Waals surface area contributed by atoms with Crippen LogP contribution in [0.3, 0.4) is 0 Å². The normalized spacial score (nSPS) is 13.1. The number of nitrogen functional groups attached to an aromatic ring is 1. The maximum Gasteiger partial charge on any atom is 0.404 e. The van der Waals surface area contributed by atoms with Crippen LogP contribution in [0.4, 0.5) is 43.4 Å². The lowest BCUT2D eigenvalue weighted by atomic mass is 9.98. The van der Waals surface area contributed by atoms with Crippen molar-refractivity contribution in [1.29, 1.82) is 0 Å². The summed E-state index contributed by atoms with van der Waals surface area (Å²) in [5.74, 6) is -4.17. The van der Waals surface area contributed by atoms with Gasteiger partial charge in [0.15, 0.2) is 17.5 Å². The second-order valence-corrected chi connectivity index (χ2v) is 10.6. The number of alkyl halides is 3. The molecule has 1 atom stereocenters. The maximum atomic E-state index is 16.0. The Morgan fingerprint density at radius 1 is 1.06 bits per heavy atom. The molecule has 0 aromatic heterocycles. The van der Waals surface area contributed by atoms with Crippen LogP contribution in [-0.2, 0) is 10.0 Å². The number of hydrogen-bond acceptors (Lipinski definition) is 4. The van der Waals surface area contributed by atoms with Crippen LogP contribution in [0.15, 0.2) is 45.8 Å². The van der Waals surface area contributed by atoms with Crippen molar-refractivity contribution in [3.63, 3.8) is 0 Å². The van der Waals surface area contributed by atoms with E-state index >= 15 is 4.39 Å². The molecule has 0 aliphatic carbocycles. The molecule has 3 aromatic carbocycles. The number of nitrogens with one attached hydrogen (secondary N) is 2. The van der Waals surface area contributed by atoms with Crippen LogP contribution in [0, 0.1) is 24.4 Å². The van der Waals surface area contributed by atoms with Crippen LogP contribution in [0.25, 0.3) is 11.1 Å². The molecule has 36 heavy (non-hydrogen) atoms. The predicted octanol–water partition coefficient (Wildman–Crippen LogP) is 7.05. The van der Waals surface area contributed by atoms with Gasteiger partial charge in [0.1, 0.15) is 10.9 Å². The summed E-state index contributed by atoms with van der Waals surface area (Å²) in [4.78, 5) is -1.19. The standard InChI is InChI=1S/C22H17BrClF6N3O2S/c1-9-16(11-3-5-12(31)6-4-11)19(27)21(36(34,35)33-10(2)22(28,29)30)20(17(9)23)32-13-7-14(24)18(26)15(25)8-13/h3-8,10,32-33H,31H2,1-2H3/t10-/m1/s1. The van der Waals surface area contributed by atoms with E-state index in [4.69, 9.17) is 17.3 Å². The third-order valence-electron chi connectivity index (χ3n) is 5.11. The van der Waals surface area contributed by atoms with Gasteiger partial charge in [-0.15, -0.1) is 0 Å². The van der Waals surface area contributed by atoms with Crippen molar-refractivity contribution < 1.29 is 34.8 Å². The van der Waals surface area contributed by atoms with Crippen LogP contribution >= 0.6 is 27.5 Å². The van der Waals surface area contributed by atoms with E-state index in [1.54, 1.807) is 0 Å². The van der Waals surface area contributed by atoms with E-state index in [0.29, 0.717) is 18.7 Å². The SMILES string of the molecule is Cc1c(Br)c(Nc2cc(F)c(F)c(Cl)c2)c(S(=O)(=O)N[C@H](C)C(F)(F)F)c(F)c1-c1ccc(N)cc1. The van der Waals surface area contributed by atoms with Crippen molar-refractivity contribution in [2.45, 2.75) is 31.0 Å². The zero-order valence-electron chi connectivity index (χ0n) is 18.4. The summed E-state index contributed by atoms with van der Waals surface area (Å²) in [5.41, 5.74) is 5.23. The molecule has 3 rings (SSSR count). The van der Waals surface area contributed by atoms with Crippen molar-refractivity contribution in [3.8, 4) is 11.1 Å². The fourth-order valence-corrected chi connectivity index (χ4v) is 5.58. The number of sulfonamides is 1. The van der Waals surface area contributed by atoms with Crippen LogP contribution in [0.5, 0.6) is 0 Å². The molecule has 0 radical (unpaired) electrons. The molecule has 4 N–H and O–H groups in total. The average molecular weight is 617 g/mol. The lowest BCUT2D eigenvalue weighted by Crippen LogP contribution is -2.43. The van der Waals surface area contributed by atoms with Gasteiger partial charge in [-0.2, -0.15) is 17.9 Å². The van der Waals surface area contributed by atoms with E-state index in [1.807, 2.05) is 0 Å². The monoisotopic (exact) mass is 615 g/mol. The highest BCUT2D eigenvalue weighted by Crippen LogP contribution is 2.44. The molecule has 0 saturated heterocycles. The maximum absolute atomic E-state index is 16.0. The molecule has 0 saturated carbocycles. The van der Waals surface area contributed by atoms with Gasteiger partial charge >= 0.3 is 6.18 Å². The van der Waals surface area contributed by atoms with E-state index < -0.39 is 55.3 Å². The summed E-state index contributed by atoms with van der Waals surface area (Å²) in [5, 5.41) is 1.77. The van der Waals surface area contributed by atoms with Gasteiger partial charge in [0, 0.05) is 27.5 Å². The number of halogens is 8. The van der Waals surface area contributed by atoms with E-state index in [-0.39, 0.29) is 26.9 Å². The van der Waals surface area contributed by atoms with Crippen LogP contribution in [0.2, 0.25) is 5.02 Å². The molecule has 0 fully saturated rings. The Hall–Kier alpha value is -2.48. The molecule has 5 nitrogen and oxygen atoms in total. The van der Waals surface area contributed by atoms with Crippen LogP contribution in [-0.4, -0.2) is 20.6 Å². The third kappa shape index (κ3) is 5.58. The Kier molecular flexibility index (Phi) is 7.89. The lowest BCUT2D eigenvalue weighted by molar-refractivity contribution is -0.147. The Morgan fingerprint density at radius 3 is 2.17 bits per heavy atom. The van der Waals surface area contributed by atoms with E-state index in [1.165, 1.54) is 35.9 Å². The Labute approximate surface area is 215 Å². The summed E-state index contributed by atoms with van der Waals surface area (Å²) >= 11 is 8.81. The van der Waals surface area contributed by atoms with E-state index in [0.717, 1.165) is 6.07 Å². The second kappa shape index (κ2) is 10.1. The molecular formula is C22H17BrClF6N3O2S. The van der Waals surface area contributed by atoms with Gasteiger partial charge in [0.2, 0.25) is 10.0 Å². The first kappa shape index (κ1) is 28.1. The number of benzene rings is 3. The first-order chi connectivity index (χ1) is 16.5. The smallest absolute Gasteiger partial charge is 0.399 e. The van der Waals surface area contributed by atoms with Crippen molar-refractivity contribution in [3.05, 3.63) is 68.9 Å². The summed E-state index contributed by atoms with van der Waals surface area (Å²) in [6, 6.07) is 4.60. The number of anilines is 3. The zero-order valence-corrected chi connectivity index (χ0v) is 21.5. The van der Waals surface area contributed by atoms with E-state index in [9.17, 15) is 30.4 Å². The van der Waals surface area contributed by atoms with Crippen molar-refractivity contribution in [2.24, 2.45) is 0 Å². The zero-order chi connectivity index (χ0) is 27.2. The van der Waals surface area contributed by atoms with Gasteiger partial charge in [-0.05, 0) is 59.1 Å². The van der Waals surface area contributed by atoms with Gasteiger partial charge in [-0.25, -0.2) is 21.6 Å². The number of rotatable bonds is 6. The first-order valence-electron chi connectivity index (χ1n) is 9.92. The van der Waals surface area contributed by atoms with Crippen molar-refractivity contribution in [2.75, 3.05) is 11.1 Å². The Morgan fingerprint density at radius 2 is 1.64 bits per heavy atom. The molecule has 0 unspecified atom stereocenters. The molecule has 3 aromatic rings. The largest absolute Gasteiger partial charge is 0.404 e. The second-order valence-electron chi connectivity index (χ2n) is 7.72. The molecule has 0 bridgehead atoms. The quantitative estimate of drug-likeness (QED) is 0.157. The summed E-state index contributed by atoms with van der Waals surface area (Å²) < 4.78 is 111. The Bertz CT molecular complexity index is 1410. The minimum Gasteiger partial charge on any atom is -0.399 e. The number of nitrogens with two attached hydrogens (primary N) is 1. The van der Waals surface area contributed by atoms with Crippen molar-refractivity contribution in [1.82, 2.24) is 4.72 Å². The van der Waals surface area contributed by atoms with Gasteiger partial charge in [0.25, 0.3) is 0 Å². The lowest BCUT2D eigenvalue weighted by Gasteiger charge is -2.23. The highest BCUT2D eigenvalue weighted by atomic mass is 79.9. The topological polar surface area (TPSA) is 84.2 Å². The molecule has 0 aliphatic heterocycles. The van der Waals surface area contributed by atoms with Gasteiger partial charge in [-0.3, -0.25) is 0 Å². The van der Waals surface area contributed by atoms with Gasteiger partial charge in [0.05, 0.1) is 10.7 Å². The van der Waals surface area contributed by atoms with Gasteiger partial charge in [-0.1, -0.05) is 23.7 Å². The average Bonchev–Trinajstić information content (AvgIpc) is 2.75. The fraction of sp³-hybridized carbons (Fsp3) is 0.182. The molecule has 14 heteroatoms. The third-order valence-corrected chi connectivity index (χ3v) is 7.96. The Balaban J connectivity index is 2.33. The predicted molar refractivity (Wildman–Crippen MR) is 129 cm³/mol. The molecule has 0 aliphatic rings.